The fourth-order valence-electron chi connectivity index (χ4n) is 1.69. The lowest BCUT2D eigenvalue weighted by Gasteiger charge is -2.15. The summed E-state index contributed by atoms with van der Waals surface area (Å²) in [7, 11) is -4.30. The molecule has 0 aliphatic carbocycles. The van der Waals surface area contributed by atoms with Gasteiger partial charge in [-0.15, -0.1) is 4.83 Å². The van der Waals surface area contributed by atoms with E-state index in [-0.39, 0.29) is 5.75 Å². The van der Waals surface area contributed by atoms with E-state index in [1.807, 2.05) is 5.43 Å². The van der Waals surface area contributed by atoms with Crippen molar-refractivity contribution in [2.75, 3.05) is 0 Å². The first-order valence-electron chi connectivity index (χ1n) is 6.88. The highest BCUT2D eigenvalue weighted by Gasteiger charge is 2.20. The molecule has 2 N–H and O–H groups in total. The molecule has 0 radical (unpaired) electrons. The summed E-state index contributed by atoms with van der Waals surface area (Å²) in [5.74, 6) is -3.68. The molecule has 0 aliphatic rings. The monoisotopic (exact) mass is 374 g/mol. The molecule has 10 heteroatoms. The molecule has 0 aromatic heterocycles. The lowest BCUT2D eigenvalue weighted by atomic mass is 10.3. The summed E-state index contributed by atoms with van der Waals surface area (Å²) in [6.07, 6.45) is -1.11. The molecule has 0 saturated carbocycles. The van der Waals surface area contributed by atoms with Gasteiger partial charge in [0.05, 0.1) is 4.90 Å². The maximum atomic E-state index is 13.1. The van der Waals surface area contributed by atoms with Gasteiger partial charge in [-0.2, -0.15) is 0 Å². The van der Waals surface area contributed by atoms with Crippen LogP contribution in [-0.2, 0) is 14.8 Å². The Labute approximate surface area is 141 Å². The van der Waals surface area contributed by atoms with Crippen LogP contribution in [-0.4, -0.2) is 20.4 Å². The molecule has 134 valence electrons. The standard InChI is InChI=1S/C15H13F3N2O4S/c1-9(24-11-4-2-10(16)3-5-11)15(21)19-20-25(22,23)12-6-7-13(17)14(18)8-12/h2-9,20H,1H3,(H,19,21)/t9-/m0/s1. The van der Waals surface area contributed by atoms with E-state index >= 15 is 0 Å². The Hall–Kier alpha value is -2.59. The lowest BCUT2D eigenvalue weighted by molar-refractivity contribution is -0.127. The van der Waals surface area contributed by atoms with Crippen LogP contribution in [0.15, 0.2) is 47.4 Å². The van der Waals surface area contributed by atoms with Crippen molar-refractivity contribution in [1.29, 1.82) is 0 Å². The zero-order chi connectivity index (χ0) is 18.6. The number of carbonyl (C=O) groups excluding carboxylic acids is 1. The third-order valence-corrected chi connectivity index (χ3v) is 4.25. The molecular formula is C15H13F3N2O4S. The maximum Gasteiger partial charge on any atom is 0.275 e. The molecule has 25 heavy (non-hydrogen) atoms. The molecule has 0 fully saturated rings. The Balaban J connectivity index is 1.97. The van der Waals surface area contributed by atoms with Crippen molar-refractivity contribution >= 4 is 15.9 Å². The van der Waals surface area contributed by atoms with Crippen molar-refractivity contribution in [3.8, 4) is 5.75 Å². The SMILES string of the molecule is C[C@H](Oc1ccc(F)cc1)C(=O)NNS(=O)(=O)c1ccc(F)c(F)c1. The predicted molar refractivity (Wildman–Crippen MR) is 81.3 cm³/mol. The Morgan fingerprint density at radius 1 is 1.04 bits per heavy atom. The molecule has 0 unspecified atom stereocenters. The molecule has 1 amide bonds. The van der Waals surface area contributed by atoms with Crippen LogP contribution in [0, 0.1) is 17.5 Å². The van der Waals surface area contributed by atoms with Gasteiger partial charge in [0.25, 0.3) is 15.9 Å². The molecule has 0 aliphatic heterocycles. The summed E-state index contributed by atoms with van der Waals surface area (Å²) >= 11 is 0. The molecule has 2 rings (SSSR count). The minimum Gasteiger partial charge on any atom is -0.481 e. The van der Waals surface area contributed by atoms with Gasteiger partial charge in [0.2, 0.25) is 0 Å². The van der Waals surface area contributed by atoms with Crippen molar-refractivity contribution in [1.82, 2.24) is 10.3 Å². The number of ether oxygens (including phenoxy) is 1. The van der Waals surface area contributed by atoms with E-state index in [0.29, 0.717) is 12.1 Å². The molecule has 0 spiro atoms. The Morgan fingerprint density at radius 2 is 1.68 bits per heavy atom. The maximum absolute atomic E-state index is 13.1. The third-order valence-electron chi connectivity index (χ3n) is 3.01. The van der Waals surface area contributed by atoms with Gasteiger partial charge in [-0.25, -0.2) is 21.6 Å². The Kier molecular flexibility index (Phi) is 5.65. The molecular weight excluding hydrogens is 361 g/mol. The minimum absolute atomic E-state index is 0.201. The quantitative estimate of drug-likeness (QED) is 0.757. The van der Waals surface area contributed by atoms with Gasteiger partial charge in [-0.1, -0.05) is 0 Å². The van der Waals surface area contributed by atoms with E-state index in [4.69, 9.17) is 4.74 Å². The van der Waals surface area contributed by atoms with Crippen LogP contribution in [0.1, 0.15) is 6.92 Å². The van der Waals surface area contributed by atoms with Gasteiger partial charge < -0.3 is 4.74 Å². The molecule has 0 saturated heterocycles. The first-order chi connectivity index (χ1) is 11.7. The Bertz CT molecular complexity index is 873. The average molecular weight is 374 g/mol. The van der Waals surface area contributed by atoms with Crippen LogP contribution in [0.25, 0.3) is 0 Å². The normalized spacial score (nSPS) is 12.5. The van der Waals surface area contributed by atoms with Crippen LogP contribution in [0.5, 0.6) is 5.75 Å². The summed E-state index contributed by atoms with van der Waals surface area (Å²) in [6, 6.07) is 6.81. The van der Waals surface area contributed by atoms with Gasteiger partial charge in [0.15, 0.2) is 17.7 Å². The molecule has 6 nitrogen and oxygen atoms in total. The largest absolute Gasteiger partial charge is 0.481 e. The van der Waals surface area contributed by atoms with Crippen LogP contribution in [0.3, 0.4) is 0 Å². The summed E-state index contributed by atoms with van der Waals surface area (Å²) in [4.78, 5) is 13.0. The first kappa shape index (κ1) is 18.7. The van der Waals surface area contributed by atoms with E-state index in [1.54, 1.807) is 4.83 Å². The third kappa shape index (κ3) is 4.94. The highest BCUT2D eigenvalue weighted by molar-refractivity contribution is 7.89. The second-order valence-electron chi connectivity index (χ2n) is 4.88. The second-order valence-corrected chi connectivity index (χ2v) is 6.57. The number of hydrogen-bond acceptors (Lipinski definition) is 4. The topological polar surface area (TPSA) is 84.5 Å². The summed E-state index contributed by atoms with van der Waals surface area (Å²) in [5.41, 5.74) is 1.89. The van der Waals surface area contributed by atoms with Gasteiger partial charge in [-0.3, -0.25) is 10.2 Å². The fourth-order valence-corrected chi connectivity index (χ4v) is 2.55. The molecule has 2 aromatic rings. The molecule has 1 atom stereocenters. The number of hydrogen-bond donors (Lipinski definition) is 2. The number of carbonyl (C=O) groups is 1. The minimum atomic E-state index is -4.30. The van der Waals surface area contributed by atoms with Gasteiger partial charge in [0.1, 0.15) is 11.6 Å². The van der Waals surface area contributed by atoms with Gasteiger partial charge in [-0.05, 0) is 49.4 Å². The number of benzene rings is 2. The molecule has 2 aromatic carbocycles. The van der Waals surface area contributed by atoms with E-state index in [2.05, 4.69) is 0 Å². The molecule has 0 heterocycles. The fraction of sp³-hybridized carbons (Fsp3) is 0.133. The van der Waals surface area contributed by atoms with Crippen molar-refractivity contribution < 1.29 is 31.1 Å². The number of hydrazine groups is 1. The van der Waals surface area contributed by atoms with E-state index in [0.717, 1.165) is 18.2 Å². The van der Waals surface area contributed by atoms with Crippen molar-refractivity contribution in [2.45, 2.75) is 17.9 Å². The van der Waals surface area contributed by atoms with Crippen molar-refractivity contribution in [3.63, 3.8) is 0 Å². The van der Waals surface area contributed by atoms with Crippen LogP contribution >= 0.6 is 0 Å². The number of amides is 1. The van der Waals surface area contributed by atoms with Gasteiger partial charge in [0, 0.05) is 0 Å². The van der Waals surface area contributed by atoms with E-state index in [1.165, 1.54) is 19.1 Å². The smallest absolute Gasteiger partial charge is 0.275 e. The summed E-state index contributed by atoms with van der Waals surface area (Å²) in [6.45, 7) is 1.34. The zero-order valence-corrected chi connectivity index (χ0v) is 13.6. The zero-order valence-electron chi connectivity index (χ0n) is 12.8. The highest BCUT2D eigenvalue weighted by atomic mass is 32.2. The number of halogens is 3. The van der Waals surface area contributed by atoms with E-state index < -0.39 is 44.4 Å². The van der Waals surface area contributed by atoms with Crippen LogP contribution < -0.4 is 15.0 Å². The van der Waals surface area contributed by atoms with Crippen LogP contribution in [0.4, 0.5) is 13.2 Å². The summed E-state index contributed by atoms with van der Waals surface area (Å²) < 4.78 is 67.8. The first-order valence-corrected chi connectivity index (χ1v) is 8.36. The van der Waals surface area contributed by atoms with Gasteiger partial charge >= 0.3 is 0 Å². The van der Waals surface area contributed by atoms with Crippen molar-refractivity contribution in [3.05, 3.63) is 59.9 Å². The Morgan fingerprint density at radius 3 is 2.28 bits per heavy atom. The summed E-state index contributed by atoms with van der Waals surface area (Å²) in [5, 5.41) is 0. The lowest BCUT2D eigenvalue weighted by Crippen LogP contribution is -2.47. The number of nitrogens with one attached hydrogen (secondary N) is 2. The predicted octanol–water partition coefficient (Wildman–Crippen LogP) is 1.88. The molecule has 0 bridgehead atoms. The van der Waals surface area contributed by atoms with E-state index in [9.17, 15) is 26.4 Å². The number of sulfonamides is 1. The highest BCUT2D eigenvalue weighted by Crippen LogP contribution is 2.14. The second kappa shape index (κ2) is 7.53. The average Bonchev–Trinajstić information content (AvgIpc) is 2.57. The van der Waals surface area contributed by atoms with Crippen LogP contribution in [0.2, 0.25) is 0 Å². The van der Waals surface area contributed by atoms with Crippen molar-refractivity contribution in [2.24, 2.45) is 0 Å². The number of rotatable bonds is 6.